The number of nitrogen functional groups attached to an aromatic ring is 1. The second kappa shape index (κ2) is 9.54. The number of halogens is 1. The first-order valence-corrected chi connectivity index (χ1v) is 10.4. The molecule has 2 aromatic heterocycles. The van der Waals surface area contributed by atoms with Crippen LogP contribution in [0.1, 0.15) is 21.6 Å². The van der Waals surface area contributed by atoms with Crippen LogP contribution >= 0.6 is 11.6 Å². The Kier molecular flexibility index (Phi) is 6.37. The van der Waals surface area contributed by atoms with Crippen molar-refractivity contribution in [1.82, 2.24) is 15.3 Å². The van der Waals surface area contributed by atoms with E-state index < -0.39 is 6.09 Å². The molecule has 0 aliphatic rings. The summed E-state index contributed by atoms with van der Waals surface area (Å²) in [7, 11) is 0. The molecule has 0 fully saturated rings. The molecule has 2 aromatic carbocycles. The fourth-order valence-corrected chi connectivity index (χ4v) is 3.39. The number of carbonyl (C=O) groups excluding carboxylic acids is 2. The van der Waals surface area contributed by atoms with Crippen LogP contribution in [0.15, 0.2) is 66.9 Å². The second-order valence-electron chi connectivity index (χ2n) is 7.29. The number of rotatable bonds is 5. The van der Waals surface area contributed by atoms with Gasteiger partial charge in [0.1, 0.15) is 10.9 Å². The van der Waals surface area contributed by atoms with Crippen molar-refractivity contribution in [2.45, 2.75) is 13.5 Å². The van der Waals surface area contributed by atoms with Gasteiger partial charge in [0.2, 0.25) is 0 Å². The number of nitrogens with two attached hydrogens (primary N) is 1. The summed E-state index contributed by atoms with van der Waals surface area (Å²) in [5.74, 6) is 0.0966. The van der Waals surface area contributed by atoms with Crippen molar-refractivity contribution in [2.24, 2.45) is 0 Å². The Morgan fingerprint density at radius 3 is 2.61 bits per heavy atom. The maximum atomic E-state index is 12.3. The molecule has 0 bridgehead atoms. The number of pyridine rings is 2. The molecular formula is C24H20ClN5O3. The van der Waals surface area contributed by atoms with Gasteiger partial charge in [-0.3, -0.25) is 15.1 Å². The topological polar surface area (TPSA) is 119 Å². The van der Waals surface area contributed by atoms with E-state index >= 15 is 0 Å². The van der Waals surface area contributed by atoms with Gasteiger partial charge in [0.05, 0.1) is 5.52 Å². The predicted octanol–water partition coefficient (Wildman–Crippen LogP) is 4.71. The van der Waals surface area contributed by atoms with Crippen LogP contribution in [0.3, 0.4) is 0 Å². The lowest BCUT2D eigenvalue weighted by Crippen LogP contribution is -2.22. The zero-order valence-corrected chi connectivity index (χ0v) is 18.4. The first kappa shape index (κ1) is 22.0. The first-order valence-electron chi connectivity index (χ1n) is 10.0. The molecule has 166 valence electrons. The fraction of sp³-hybridized carbons (Fsp3) is 0.0833. The van der Waals surface area contributed by atoms with E-state index in [2.05, 4.69) is 20.6 Å². The Bertz CT molecular complexity index is 1340. The summed E-state index contributed by atoms with van der Waals surface area (Å²) in [6.07, 6.45) is 0.838. The molecule has 0 saturated carbocycles. The minimum atomic E-state index is -0.636. The Hall–Kier alpha value is -4.17. The highest BCUT2D eigenvalue weighted by atomic mass is 35.5. The molecule has 0 atom stereocenters. The van der Waals surface area contributed by atoms with Crippen molar-refractivity contribution >= 4 is 45.9 Å². The van der Waals surface area contributed by atoms with Gasteiger partial charge in [-0.1, -0.05) is 23.7 Å². The van der Waals surface area contributed by atoms with Gasteiger partial charge in [-0.2, -0.15) is 0 Å². The van der Waals surface area contributed by atoms with Gasteiger partial charge in [0.15, 0.2) is 0 Å². The van der Waals surface area contributed by atoms with Crippen LogP contribution in [0.4, 0.5) is 16.2 Å². The van der Waals surface area contributed by atoms with E-state index in [0.29, 0.717) is 34.6 Å². The SMILES string of the molecule is Cc1cc(N)c2cc(OC(=O)Nc3ccc(CNC(=O)c4ccnc(Cl)c4)cc3)ccc2n1. The number of fused-ring (bicyclic) bond motifs is 1. The number of aromatic nitrogens is 2. The standard InChI is InChI=1S/C24H20ClN5O3/c1-14-10-20(26)19-12-18(6-7-21(19)29-14)33-24(32)30-17-4-2-15(3-5-17)13-28-23(31)16-8-9-27-22(25)11-16/h2-12H,13H2,1H3,(H2,26,29)(H,28,31)(H,30,32). The molecule has 4 rings (SSSR count). The largest absolute Gasteiger partial charge is 0.417 e. The molecular weight excluding hydrogens is 442 g/mol. The number of hydrogen-bond donors (Lipinski definition) is 3. The highest BCUT2D eigenvalue weighted by molar-refractivity contribution is 6.29. The second-order valence-corrected chi connectivity index (χ2v) is 7.68. The summed E-state index contributed by atoms with van der Waals surface area (Å²) in [6.45, 7) is 2.18. The summed E-state index contributed by atoms with van der Waals surface area (Å²) < 4.78 is 5.37. The van der Waals surface area contributed by atoms with E-state index in [1.54, 1.807) is 54.6 Å². The lowest BCUT2D eigenvalue weighted by molar-refractivity contribution is 0.0950. The number of aryl methyl sites for hydroxylation is 1. The molecule has 8 nitrogen and oxygen atoms in total. The van der Waals surface area contributed by atoms with E-state index in [1.165, 1.54) is 12.3 Å². The Morgan fingerprint density at radius 2 is 1.85 bits per heavy atom. The minimum absolute atomic E-state index is 0.254. The van der Waals surface area contributed by atoms with Gasteiger partial charge < -0.3 is 15.8 Å². The third kappa shape index (κ3) is 5.55. The normalized spacial score (nSPS) is 10.6. The number of nitrogens with zero attached hydrogens (tertiary/aromatic N) is 2. The Labute approximate surface area is 194 Å². The van der Waals surface area contributed by atoms with E-state index in [-0.39, 0.29) is 11.1 Å². The molecule has 0 aliphatic carbocycles. The molecule has 0 unspecified atom stereocenters. The van der Waals surface area contributed by atoms with Gasteiger partial charge in [0.25, 0.3) is 5.91 Å². The number of nitrogens with one attached hydrogen (secondary N) is 2. The fourth-order valence-electron chi connectivity index (χ4n) is 3.22. The van der Waals surface area contributed by atoms with Gasteiger partial charge in [0, 0.05) is 40.8 Å². The lowest BCUT2D eigenvalue weighted by atomic mass is 10.1. The summed E-state index contributed by atoms with van der Waals surface area (Å²) in [6, 6.07) is 17.0. The smallest absolute Gasteiger partial charge is 0.410 e. The molecule has 2 amide bonds. The molecule has 9 heteroatoms. The van der Waals surface area contributed by atoms with Crippen LogP contribution in [0.5, 0.6) is 5.75 Å². The number of ether oxygens (including phenoxy) is 1. The predicted molar refractivity (Wildman–Crippen MR) is 127 cm³/mol. The van der Waals surface area contributed by atoms with E-state index in [9.17, 15) is 9.59 Å². The summed E-state index contributed by atoms with van der Waals surface area (Å²) in [4.78, 5) is 32.7. The average molecular weight is 462 g/mol. The van der Waals surface area contributed by atoms with Gasteiger partial charge in [-0.05, 0) is 61.0 Å². The monoisotopic (exact) mass is 461 g/mol. The summed E-state index contributed by atoms with van der Waals surface area (Å²) in [5.41, 5.74) is 10.00. The number of amides is 2. The number of carbonyl (C=O) groups is 2. The van der Waals surface area contributed by atoms with Crippen LogP contribution in [0.25, 0.3) is 10.9 Å². The minimum Gasteiger partial charge on any atom is -0.410 e. The molecule has 0 radical (unpaired) electrons. The number of hydrogen-bond acceptors (Lipinski definition) is 6. The Morgan fingerprint density at radius 1 is 1.06 bits per heavy atom. The van der Waals surface area contributed by atoms with Crippen LogP contribution in [-0.2, 0) is 6.54 Å². The van der Waals surface area contributed by atoms with Gasteiger partial charge in [-0.25, -0.2) is 9.78 Å². The van der Waals surface area contributed by atoms with Crippen molar-refractivity contribution in [3.8, 4) is 5.75 Å². The van der Waals surface area contributed by atoms with Crippen LogP contribution in [0.2, 0.25) is 5.15 Å². The van der Waals surface area contributed by atoms with E-state index in [0.717, 1.165) is 16.8 Å². The maximum absolute atomic E-state index is 12.3. The summed E-state index contributed by atoms with van der Waals surface area (Å²) in [5, 5.41) is 6.44. The molecule has 4 aromatic rings. The highest BCUT2D eigenvalue weighted by Gasteiger charge is 2.09. The zero-order valence-electron chi connectivity index (χ0n) is 17.6. The van der Waals surface area contributed by atoms with Crippen molar-refractivity contribution in [3.05, 3.63) is 88.8 Å². The van der Waals surface area contributed by atoms with Crippen molar-refractivity contribution in [1.29, 1.82) is 0 Å². The van der Waals surface area contributed by atoms with Crippen LogP contribution in [-0.4, -0.2) is 22.0 Å². The number of benzene rings is 2. The van der Waals surface area contributed by atoms with E-state index in [1.807, 2.05) is 6.92 Å². The third-order valence-electron chi connectivity index (χ3n) is 4.79. The van der Waals surface area contributed by atoms with Crippen LogP contribution < -0.4 is 21.1 Å². The van der Waals surface area contributed by atoms with E-state index in [4.69, 9.17) is 22.1 Å². The number of anilines is 2. The molecule has 0 saturated heterocycles. The highest BCUT2D eigenvalue weighted by Crippen LogP contribution is 2.25. The van der Waals surface area contributed by atoms with Crippen molar-refractivity contribution in [3.63, 3.8) is 0 Å². The maximum Gasteiger partial charge on any atom is 0.417 e. The molecule has 2 heterocycles. The zero-order chi connectivity index (χ0) is 23.4. The Balaban J connectivity index is 1.33. The molecule has 4 N–H and O–H groups in total. The van der Waals surface area contributed by atoms with Crippen molar-refractivity contribution in [2.75, 3.05) is 11.1 Å². The average Bonchev–Trinajstić information content (AvgIpc) is 2.78. The van der Waals surface area contributed by atoms with Gasteiger partial charge >= 0.3 is 6.09 Å². The van der Waals surface area contributed by atoms with Crippen LogP contribution in [0, 0.1) is 6.92 Å². The van der Waals surface area contributed by atoms with Gasteiger partial charge in [-0.15, -0.1) is 0 Å². The quantitative estimate of drug-likeness (QED) is 0.370. The molecule has 0 aliphatic heterocycles. The third-order valence-corrected chi connectivity index (χ3v) is 5.00. The lowest BCUT2D eigenvalue weighted by Gasteiger charge is -2.10. The first-order chi connectivity index (χ1) is 15.9. The van der Waals surface area contributed by atoms with Crippen molar-refractivity contribution < 1.29 is 14.3 Å². The summed E-state index contributed by atoms with van der Waals surface area (Å²) >= 11 is 5.81. The molecule has 33 heavy (non-hydrogen) atoms. The molecule has 0 spiro atoms.